The highest BCUT2D eigenvalue weighted by molar-refractivity contribution is 7.97. The predicted molar refractivity (Wildman–Crippen MR) is 106 cm³/mol. The number of rotatable bonds is 8. The average Bonchev–Trinajstić information content (AvgIpc) is 3.08. The molecule has 0 atom stereocenters. The summed E-state index contributed by atoms with van der Waals surface area (Å²) in [6.45, 7) is 2.63. The van der Waals surface area contributed by atoms with Crippen LogP contribution in [0.2, 0.25) is 0 Å². The highest BCUT2D eigenvalue weighted by Gasteiger charge is 2.04. The third-order valence-electron chi connectivity index (χ3n) is 3.62. The zero-order chi connectivity index (χ0) is 17.5. The van der Waals surface area contributed by atoms with E-state index >= 15 is 0 Å². The molecule has 0 aliphatic heterocycles. The topological polar surface area (TPSA) is 31.4 Å². The van der Waals surface area contributed by atoms with Crippen LogP contribution in [-0.2, 0) is 18.1 Å². The van der Waals surface area contributed by atoms with Crippen LogP contribution >= 0.6 is 23.1 Å². The van der Waals surface area contributed by atoms with E-state index in [0.29, 0.717) is 6.61 Å². The maximum Gasteiger partial charge on any atom is 0.140 e. The van der Waals surface area contributed by atoms with Crippen molar-refractivity contribution in [3.05, 3.63) is 75.7 Å². The quantitative estimate of drug-likeness (QED) is 0.525. The molecule has 0 saturated heterocycles. The van der Waals surface area contributed by atoms with Crippen molar-refractivity contribution in [3.63, 3.8) is 0 Å². The monoisotopic (exact) mass is 371 g/mol. The molecule has 0 unspecified atom stereocenters. The van der Waals surface area contributed by atoms with Gasteiger partial charge in [-0.25, -0.2) is 4.98 Å². The molecule has 3 aromatic rings. The molecule has 0 spiro atoms. The van der Waals surface area contributed by atoms with Crippen molar-refractivity contribution in [3.8, 4) is 11.5 Å². The van der Waals surface area contributed by atoms with Crippen molar-refractivity contribution in [2.75, 3.05) is 7.11 Å². The van der Waals surface area contributed by atoms with Crippen LogP contribution in [0.1, 0.15) is 21.8 Å². The normalized spacial score (nSPS) is 10.6. The van der Waals surface area contributed by atoms with Crippen molar-refractivity contribution in [2.24, 2.45) is 0 Å². The molecule has 0 radical (unpaired) electrons. The van der Waals surface area contributed by atoms with E-state index in [1.807, 2.05) is 36.0 Å². The second-order valence-electron chi connectivity index (χ2n) is 5.68. The van der Waals surface area contributed by atoms with Gasteiger partial charge in [0, 0.05) is 16.9 Å². The minimum Gasteiger partial charge on any atom is -0.497 e. The lowest BCUT2D eigenvalue weighted by molar-refractivity contribution is 0.304. The van der Waals surface area contributed by atoms with Gasteiger partial charge >= 0.3 is 0 Å². The number of ether oxygens (including phenoxy) is 2. The summed E-state index contributed by atoms with van der Waals surface area (Å²) in [5.74, 6) is 3.59. The summed E-state index contributed by atoms with van der Waals surface area (Å²) in [6, 6.07) is 16.3. The Kier molecular flexibility index (Phi) is 6.36. The van der Waals surface area contributed by atoms with Gasteiger partial charge in [-0.2, -0.15) is 11.8 Å². The van der Waals surface area contributed by atoms with Gasteiger partial charge in [0.15, 0.2) is 0 Å². The molecule has 1 heterocycles. The Balaban J connectivity index is 1.45. The van der Waals surface area contributed by atoms with Crippen LogP contribution < -0.4 is 9.47 Å². The molecule has 3 rings (SSSR count). The van der Waals surface area contributed by atoms with Crippen LogP contribution in [0.4, 0.5) is 0 Å². The third kappa shape index (κ3) is 5.51. The number of aromatic nitrogens is 1. The number of hydrogen-bond acceptors (Lipinski definition) is 5. The molecule has 25 heavy (non-hydrogen) atoms. The molecule has 130 valence electrons. The number of hydrogen-bond donors (Lipinski definition) is 0. The van der Waals surface area contributed by atoms with Crippen LogP contribution in [0.5, 0.6) is 11.5 Å². The van der Waals surface area contributed by atoms with Crippen molar-refractivity contribution in [2.45, 2.75) is 25.0 Å². The van der Waals surface area contributed by atoms with Crippen LogP contribution in [0, 0.1) is 6.92 Å². The van der Waals surface area contributed by atoms with Crippen LogP contribution in [0.3, 0.4) is 0 Å². The molecule has 3 nitrogen and oxygen atoms in total. The Morgan fingerprint density at radius 3 is 2.60 bits per heavy atom. The number of aryl methyl sites for hydroxylation is 1. The first-order chi connectivity index (χ1) is 12.2. The Morgan fingerprint density at radius 1 is 1.04 bits per heavy atom. The molecule has 0 aliphatic carbocycles. The summed E-state index contributed by atoms with van der Waals surface area (Å²) >= 11 is 3.54. The van der Waals surface area contributed by atoms with Gasteiger partial charge in [-0.3, -0.25) is 0 Å². The number of methoxy groups -OCH3 is 1. The second-order valence-corrected chi connectivity index (χ2v) is 7.61. The van der Waals surface area contributed by atoms with Gasteiger partial charge in [0.25, 0.3) is 0 Å². The Labute approximate surface area is 157 Å². The summed E-state index contributed by atoms with van der Waals surface area (Å²) in [5, 5.41) is 3.12. The van der Waals surface area contributed by atoms with Gasteiger partial charge in [-0.1, -0.05) is 29.8 Å². The Morgan fingerprint density at radius 2 is 1.84 bits per heavy atom. The molecule has 0 bridgehead atoms. The first-order valence-corrected chi connectivity index (χ1v) is 10.1. The summed E-state index contributed by atoms with van der Waals surface area (Å²) < 4.78 is 10.9. The van der Waals surface area contributed by atoms with E-state index in [2.05, 4.69) is 41.6 Å². The highest BCUT2D eigenvalue weighted by Crippen LogP contribution is 2.22. The Hall–Kier alpha value is -1.98. The van der Waals surface area contributed by atoms with Gasteiger partial charge in [0.2, 0.25) is 0 Å². The minimum atomic E-state index is 0.500. The summed E-state index contributed by atoms with van der Waals surface area (Å²) in [4.78, 5) is 4.66. The molecule has 0 saturated carbocycles. The molecule has 5 heteroatoms. The second kappa shape index (κ2) is 8.92. The lowest BCUT2D eigenvalue weighted by Crippen LogP contribution is -1.95. The molecule has 1 aromatic heterocycles. The Bertz CT molecular complexity index is 799. The lowest BCUT2D eigenvalue weighted by atomic mass is 10.2. The van der Waals surface area contributed by atoms with Crippen molar-refractivity contribution in [1.29, 1.82) is 0 Å². The van der Waals surface area contributed by atoms with Gasteiger partial charge < -0.3 is 9.47 Å². The maximum atomic E-state index is 5.78. The van der Waals surface area contributed by atoms with Crippen molar-refractivity contribution in [1.82, 2.24) is 4.98 Å². The van der Waals surface area contributed by atoms with E-state index < -0.39 is 0 Å². The number of thiazole rings is 1. The molecule has 0 aliphatic rings. The molecule has 2 aromatic carbocycles. The molecule has 0 N–H and O–H groups in total. The van der Waals surface area contributed by atoms with E-state index in [1.165, 1.54) is 11.1 Å². The maximum absolute atomic E-state index is 5.78. The fraction of sp³-hybridized carbons (Fsp3) is 0.250. The average molecular weight is 372 g/mol. The number of nitrogens with zero attached hydrogens (tertiary/aromatic N) is 1. The largest absolute Gasteiger partial charge is 0.497 e. The molecular formula is C20H21NO2S2. The fourth-order valence-electron chi connectivity index (χ4n) is 2.37. The summed E-state index contributed by atoms with van der Waals surface area (Å²) in [6.07, 6.45) is 0. The SMILES string of the molecule is COc1ccc(OCc2nc(CSCc3cccc(C)c3)cs2)cc1. The zero-order valence-corrected chi connectivity index (χ0v) is 16.0. The van der Waals surface area contributed by atoms with E-state index in [-0.39, 0.29) is 0 Å². The number of thioether (sulfide) groups is 1. The predicted octanol–water partition coefficient (Wildman–Crippen LogP) is 5.47. The smallest absolute Gasteiger partial charge is 0.140 e. The van der Waals surface area contributed by atoms with Crippen LogP contribution in [0.15, 0.2) is 53.9 Å². The highest BCUT2D eigenvalue weighted by atomic mass is 32.2. The van der Waals surface area contributed by atoms with Crippen LogP contribution in [0.25, 0.3) is 0 Å². The van der Waals surface area contributed by atoms with Gasteiger partial charge in [-0.05, 0) is 36.8 Å². The number of benzene rings is 2. The van der Waals surface area contributed by atoms with E-state index in [1.54, 1.807) is 18.4 Å². The molecule has 0 fully saturated rings. The molecular weight excluding hydrogens is 350 g/mol. The minimum absolute atomic E-state index is 0.500. The van der Waals surface area contributed by atoms with Gasteiger partial charge in [-0.15, -0.1) is 11.3 Å². The van der Waals surface area contributed by atoms with Crippen LogP contribution in [-0.4, -0.2) is 12.1 Å². The first kappa shape index (κ1) is 17.8. The summed E-state index contributed by atoms with van der Waals surface area (Å²) in [7, 11) is 1.66. The van der Waals surface area contributed by atoms with Gasteiger partial charge in [0.1, 0.15) is 23.1 Å². The zero-order valence-electron chi connectivity index (χ0n) is 14.4. The van der Waals surface area contributed by atoms with Crippen molar-refractivity contribution < 1.29 is 9.47 Å². The standard InChI is InChI=1S/C20H21NO2S2/c1-15-4-3-5-16(10-15)12-24-13-17-14-25-20(21-17)11-23-19-8-6-18(22-2)7-9-19/h3-10,14H,11-13H2,1-2H3. The first-order valence-electron chi connectivity index (χ1n) is 8.06. The van der Waals surface area contributed by atoms with Gasteiger partial charge in [0.05, 0.1) is 12.8 Å². The third-order valence-corrected chi connectivity index (χ3v) is 5.53. The molecule has 0 amide bonds. The van der Waals surface area contributed by atoms with E-state index in [9.17, 15) is 0 Å². The van der Waals surface area contributed by atoms with Crippen molar-refractivity contribution >= 4 is 23.1 Å². The fourth-order valence-corrected chi connectivity index (χ4v) is 4.06. The van der Waals surface area contributed by atoms with E-state index in [4.69, 9.17) is 9.47 Å². The van der Waals surface area contributed by atoms with E-state index in [0.717, 1.165) is 33.7 Å². The lowest BCUT2D eigenvalue weighted by Gasteiger charge is -2.05. The summed E-state index contributed by atoms with van der Waals surface area (Å²) in [5.41, 5.74) is 3.80.